The zero-order chi connectivity index (χ0) is 23.2. The molecule has 0 saturated heterocycles. The molecule has 0 radical (unpaired) electrons. The number of carbonyl (C=O) groups excluding carboxylic acids is 2. The van der Waals surface area contributed by atoms with E-state index >= 15 is 4.39 Å². The van der Waals surface area contributed by atoms with Gasteiger partial charge in [0.2, 0.25) is 0 Å². The first-order chi connectivity index (χ1) is 14.6. The SMILES string of the molecule is COC(=O)C1=C(C(=O)OC)N(c2c(F)c(F)c3c(F)c(F)c(F)c(F)c3c2F)COC1. The number of carbonyl (C=O) groups is 2. The number of anilines is 1. The molecule has 0 aromatic heterocycles. The number of esters is 2. The smallest absolute Gasteiger partial charge is 0.355 e. The van der Waals surface area contributed by atoms with Gasteiger partial charge < -0.3 is 19.1 Å². The highest BCUT2D eigenvalue weighted by atomic mass is 19.2. The molecule has 0 aliphatic carbocycles. The van der Waals surface area contributed by atoms with Crippen LogP contribution in [0.2, 0.25) is 0 Å². The van der Waals surface area contributed by atoms with Crippen molar-refractivity contribution in [3.63, 3.8) is 0 Å². The first kappa shape index (κ1) is 22.3. The molecule has 166 valence electrons. The van der Waals surface area contributed by atoms with Crippen LogP contribution in [0.4, 0.5) is 36.4 Å². The van der Waals surface area contributed by atoms with Gasteiger partial charge in [-0.05, 0) is 0 Å². The molecule has 0 unspecified atom stereocenters. The second-order valence-corrected chi connectivity index (χ2v) is 6.01. The average molecular weight is 453 g/mol. The topological polar surface area (TPSA) is 65.1 Å². The van der Waals surface area contributed by atoms with Crippen molar-refractivity contribution >= 4 is 28.4 Å². The number of benzene rings is 2. The average Bonchev–Trinajstić information content (AvgIpc) is 2.77. The van der Waals surface area contributed by atoms with Gasteiger partial charge in [-0.2, -0.15) is 0 Å². The standard InChI is InChI=1S/C18H10F7NO5/c1-29-17(27)5-3-31-4-26(15(5)18(28)30-2)16-11(22)7-6(10(21)14(16)25)8(19)12(23)13(24)9(7)20/h3-4H2,1-2H3. The highest BCUT2D eigenvalue weighted by Crippen LogP contribution is 2.40. The Morgan fingerprint density at radius 2 is 1.23 bits per heavy atom. The normalized spacial score (nSPS) is 14.3. The van der Waals surface area contributed by atoms with Crippen molar-refractivity contribution in [3.05, 3.63) is 52.0 Å². The van der Waals surface area contributed by atoms with Crippen molar-refractivity contribution in [1.82, 2.24) is 0 Å². The number of ether oxygens (including phenoxy) is 3. The molecule has 13 heteroatoms. The Labute approximate surface area is 168 Å². The van der Waals surface area contributed by atoms with Crippen molar-refractivity contribution in [2.75, 3.05) is 32.5 Å². The molecule has 0 atom stereocenters. The molecule has 3 rings (SSSR count). The first-order valence-corrected chi connectivity index (χ1v) is 8.15. The predicted octanol–water partition coefficient (Wildman–Crippen LogP) is 3.21. The van der Waals surface area contributed by atoms with Gasteiger partial charge in [-0.25, -0.2) is 40.3 Å². The quantitative estimate of drug-likeness (QED) is 0.308. The summed E-state index contributed by atoms with van der Waals surface area (Å²) < 4.78 is 114. The molecule has 31 heavy (non-hydrogen) atoms. The Kier molecular flexibility index (Phi) is 5.81. The van der Waals surface area contributed by atoms with E-state index in [0.717, 1.165) is 14.2 Å². The van der Waals surface area contributed by atoms with Gasteiger partial charge in [-0.1, -0.05) is 0 Å². The second kappa shape index (κ2) is 8.06. The monoisotopic (exact) mass is 453 g/mol. The third kappa shape index (κ3) is 3.24. The molecule has 0 spiro atoms. The Morgan fingerprint density at radius 3 is 1.74 bits per heavy atom. The van der Waals surface area contributed by atoms with E-state index in [4.69, 9.17) is 4.74 Å². The highest BCUT2D eigenvalue weighted by molar-refractivity contribution is 6.04. The van der Waals surface area contributed by atoms with Crippen molar-refractivity contribution < 1.29 is 54.5 Å². The number of hydrogen-bond acceptors (Lipinski definition) is 6. The lowest BCUT2D eigenvalue weighted by Crippen LogP contribution is -2.40. The summed E-state index contributed by atoms with van der Waals surface area (Å²) in [5.41, 5.74) is -3.01. The van der Waals surface area contributed by atoms with E-state index in [0.29, 0.717) is 0 Å². The Balaban J connectivity index is 2.44. The molecule has 0 saturated carbocycles. The molecule has 1 heterocycles. The molecular weight excluding hydrogens is 443 g/mol. The van der Waals surface area contributed by atoms with E-state index in [9.17, 15) is 35.9 Å². The predicted molar refractivity (Wildman–Crippen MR) is 88.0 cm³/mol. The summed E-state index contributed by atoms with van der Waals surface area (Å²) in [7, 11) is 1.76. The zero-order valence-corrected chi connectivity index (χ0v) is 15.5. The molecule has 0 fully saturated rings. The van der Waals surface area contributed by atoms with Crippen LogP contribution in [0.5, 0.6) is 0 Å². The van der Waals surface area contributed by atoms with Crippen LogP contribution in [0.15, 0.2) is 11.3 Å². The van der Waals surface area contributed by atoms with Crippen LogP contribution in [0.1, 0.15) is 0 Å². The molecule has 2 aromatic rings. The van der Waals surface area contributed by atoms with Gasteiger partial charge in [-0.15, -0.1) is 0 Å². The third-order valence-corrected chi connectivity index (χ3v) is 4.42. The molecule has 0 bridgehead atoms. The van der Waals surface area contributed by atoms with Crippen molar-refractivity contribution in [3.8, 4) is 0 Å². The van der Waals surface area contributed by atoms with Gasteiger partial charge in [0, 0.05) is 0 Å². The molecule has 1 aliphatic heterocycles. The lowest BCUT2D eigenvalue weighted by Gasteiger charge is -2.32. The zero-order valence-electron chi connectivity index (χ0n) is 15.5. The van der Waals surface area contributed by atoms with E-state index < -0.39 is 93.7 Å². The van der Waals surface area contributed by atoms with Crippen molar-refractivity contribution in [2.24, 2.45) is 0 Å². The van der Waals surface area contributed by atoms with Crippen LogP contribution in [-0.4, -0.2) is 39.5 Å². The van der Waals surface area contributed by atoms with E-state index in [-0.39, 0.29) is 4.90 Å². The van der Waals surface area contributed by atoms with Crippen molar-refractivity contribution in [2.45, 2.75) is 0 Å². The molecule has 1 aliphatic rings. The maximum Gasteiger partial charge on any atom is 0.355 e. The van der Waals surface area contributed by atoms with Crippen LogP contribution in [0, 0.1) is 40.7 Å². The molecule has 6 nitrogen and oxygen atoms in total. The minimum absolute atomic E-state index is 0.257. The first-order valence-electron chi connectivity index (χ1n) is 8.15. The fourth-order valence-electron chi connectivity index (χ4n) is 3.03. The van der Waals surface area contributed by atoms with E-state index in [1.165, 1.54) is 0 Å². The largest absolute Gasteiger partial charge is 0.466 e. The lowest BCUT2D eigenvalue weighted by atomic mass is 10.0. The van der Waals surface area contributed by atoms with E-state index in [2.05, 4.69) is 9.47 Å². The molecular formula is C18H10F7NO5. The Hall–Kier alpha value is -3.35. The fraction of sp³-hybridized carbons (Fsp3) is 0.222. The van der Waals surface area contributed by atoms with Gasteiger partial charge in [0.15, 0.2) is 40.7 Å². The summed E-state index contributed by atoms with van der Waals surface area (Å²) >= 11 is 0. The van der Waals surface area contributed by atoms with Gasteiger partial charge in [0.1, 0.15) is 18.1 Å². The molecule has 2 aromatic carbocycles. The Bertz CT molecular complexity index is 1160. The molecule has 0 N–H and O–H groups in total. The maximum atomic E-state index is 15.1. The minimum atomic E-state index is -2.49. The summed E-state index contributed by atoms with van der Waals surface area (Å²) in [6, 6.07) is 0. The van der Waals surface area contributed by atoms with Gasteiger partial charge in [0.25, 0.3) is 0 Å². The van der Waals surface area contributed by atoms with Gasteiger partial charge >= 0.3 is 11.9 Å². The van der Waals surface area contributed by atoms with Crippen LogP contribution in [0.3, 0.4) is 0 Å². The number of rotatable bonds is 3. The molecule has 0 amide bonds. The van der Waals surface area contributed by atoms with Crippen LogP contribution in [-0.2, 0) is 23.8 Å². The van der Waals surface area contributed by atoms with Crippen LogP contribution in [0.25, 0.3) is 10.8 Å². The summed E-state index contributed by atoms with van der Waals surface area (Å²) in [5.74, 6) is -18.8. The lowest BCUT2D eigenvalue weighted by molar-refractivity contribution is -0.140. The Morgan fingerprint density at radius 1 is 0.742 bits per heavy atom. The number of nitrogens with zero attached hydrogens (tertiary/aromatic N) is 1. The summed E-state index contributed by atoms with van der Waals surface area (Å²) in [5, 5.41) is -3.59. The van der Waals surface area contributed by atoms with Gasteiger partial charge in [0.05, 0.1) is 37.2 Å². The summed E-state index contributed by atoms with van der Waals surface area (Å²) in [4.78, 5) is 24.4. The highest BCUT2D eigenvalue weighted by Gasteiger charge is 2.38. The summed E-state index contributed by atoms with van der Waals surface area (Å²) in [6.45, 7) is -1.48. The number of halogens is 7. The number of hydrogen-bond donors (Lipinski definition) is 0. The fourth-order valence-corrected chi connectivity index (χ4v) is 3.03. The van der Waals surface area contributed by atoms with E-state index in [1.807, 2.05) is 0 Å². The van der Waals surface area contributed by atoms with E-state index in [1.54, 1.807) is 0 Å². The van der Waals surface area contributed by atoms with Crippen LogP contribution < -0.4 is 4.90 Å². The van der Waals surface area contributed by atoms with Crippen LogP contribution >= 0.6 is 0 Å². The summed E-state index contributed by atoms with van der Waals surface area (Å²) in [6.07, 6.45) is 0. The van der Waals surface area contributed by atoms with Crippen molar-refractivity contribution in [1.29, 1.82) is 0 Å². The maximum absolute atomic E-state index is 15.1. The second-order valence-electron chi connectivity index (χ2n) is 6.01. The minimum Gasteiger partial charge on any atom is -0.466 e. The number of fused-ring (bicyclic) bond motifs is 1. The number of methoxy groups -OCH3 is 2. The van der Waals surface area contributed by atoms with Gasteiger partial charge in [-0.3, -0.25) is 0 Å². The third-order valence-electron chi connectivity index (χ3n) is 4.42.